The highest BCUT2D eigenvalue weighted by Crippen LogP contribution is 2.24. The second-order valence-electron chi connectivity index (χ2n) is 6.50. The minimum atomic E-state index is -3.93. The van der Waals surface area contributed by atoms with E-state index >= 15 is 0 Å². The Morgan fingerprint density at radius 3 is 2.52 bits per heavy atom. The molecule has 0 saturated carbocycles. The van der Waals surface area contributed by atoms with Gasteiger partial charge in [-0.1, -0.05) is 41.9 Å². The van der Waals surface area contributed by atoms with Gasteiger partial charge in [-0.15, -0.1) is 0 Å². The molecule has 31 heavy (non-hydrogen) atoms. The van der Waals surface area contributed by atoms with Crippen LogP contribution >= 0.6 is 11.6 Å². The number of sulfonamides is 1. The SMILES string of the molecule is O=C(NCCCOc1ccccc1F)c1cccc(S(=O)(=O)Nc2ccccc2Cl)c1. The summed E-state index contributed by atoms with van der Waals surface area (Å²) in [6, 6.07) is 18.2. The van der Waals surface area contributed by atoms with Gasteiger partial charge < -0.3 is 10.1 Å². The Hall–Kier alpha value is -3.10. The number of carbonyl (C=O) groups is 1. The predicted octanol–water partition coefficient (Wildman–Crippen LogP) is 4.48. The molecule has 3 aromatic carbocycles. The van der Waals surface area contributed by atoms with Crippen molar-refractivity contribution in [3.63, 3.8) is 0 Å². The number of hydrogen-bond acceptors (Lipinski definition) is 4. The van der Waals surface area contributed by atoms with Gasteiger partial charge in [0, 0.05) is 12.1 Å². The molecule has 6 nitrogen and oxygen atoms in total. The number of carbonyl (C=O) groups excluding carboxylic acids is 1. The van der Waals surface area contributed by atoms with E-state index in [1.54, 1.807) is 36.4 Å². The van der Waals surface area contributed by atoms with Crippen molar-refractivity contribution in [3.8, 4) is 5.75 Å². The van der Waals surface area contributed by atoms with Crippen LogP contribution in [0.1, 0.15) is 16.8 Å². The summed E-state index contributed by atoms with van der Waals surface area (Å²) >= 11 is 6.01. The number of amides is 1. The van der Waals surface area contributed by atoms with Gasteiger partial charge in [-0.05, 0) is 48.9 Å². The summed E-state index contributed by atoms with van der Waals surface area (Å²) in [6.45, 7) is 0.500. The normalized spacial score (nSPS) is 11.0. The maximum Gasteiger partial charge on any atom is 0.261 e. The zero-order valence-electron chi connectivity index (χ0n) is 16.3. The number of halogens is 2. The first kappa shape index (κ1) is 22.6. The van der Waals surface area contributed by atoms with Crippen LogP contribution in [0.15, 0.2) is 77.7 Å². The molecule has 3 rings (SSSR count). The lowest BCUT2D eigenvalue weighted by Gasteiger charge is -2.11. The minimum absolute atomic E-state index is 0.0667. The van der Waals surface area contributed by atoms with Crippen LogP contribution < -0.4 is 14.8 Å². The lowest BCUT2D eigenvalue weighted by molar-refractivity contribution is 0.0951. The Balaban J connectivity index is 1.56. The van der Waals surface area contributed by atoms with Crippen molar-refractivity contribution in [2.24, 2.45) is 0 Å². The van der Waals surface area contributed by atoms with Crippen molar-refractivity contribution in [3.05, 3.63) is 89.2 Å². The highest BCUT2D eigenvalue weighted by atomic mass is 35.5. The molecule has 0 heterocycles. The van der Waals surface area contributed by atoms with Crippen LogP contribution in [0, 0.1) is 5.82 Å². The summed E-state index contributed by atoms with van der Waals surface area (Å²) in [4.78, 5) is 12.3. The number of hydrogen-bond donors (Lipinski definition) is 2. The molecule has 2 N–H and O–H groups in total. The first-order valence-electron chi connectivity index (χ1n) is 9.40. The van der Waals surface area contributed by atoms with E-state index in [1.165, 1.54) is 36.4 Å². The van der Waals surface area contributed by atoms with E-state index in [4.69, 9.17) is 16.3 Å². The standard InChI is InChI=1S/C22H20ClFN2O4S/c23-18-9-1-3-11-20(18)26-31(28,29)17-8-5-7-16(15-17)22(27)25-13-6-14-30-21-12-4-2-10-19(21)24/h1-5,7-12,15,26H,6,13-14H2,(H,25,27). The minimum Gasteiger partial charge on any atom is -0.490 e. The molecule has 162 valence electrons. The Kier molecular flexibility index (Phi) is 7.49. The Morgan fingerprint density at radius 1 is 1.00 bits per heavy atom. The molecule has 0 fully saturated rings. The van der Waals surface area contributed by atoms with E-state index in [1.807, 2.05) is 0 Å². The maximum absolute atomic E-state index is 13.5. The summed E-state index contributed by atoms with van der Waals surface area (Å²) in [5, 5.41) is 2.95. The van der Waals surface area contributed by atoms with Gasteiger partial charge in [-0.25, -0.2) is 12.8 Å². The summed E-state index contributed by atoms with van der Waals surface area (Å²) < 4.78 is 46.5. The van der Waals surface area contributed by atoms with Crippen LogP contribution in [-0.4, -0.2) is 27.5 Å². The Morgan fingerprint density at radius 2 is 1.74 bits per heavy atom. The summed E-state index contributed by atoms with van der Waals surface area (Å²) in [7, 11) is -3.93. The average molecular weight is 463 g/mol. The molecule has 9 heteroatoms. The predicted molar refractivity (Wildman–Crippen MR) is 118 cm³/mol. The Bertz CT molecular complexity index is 1170. The van der Waals surface area contributed by atoms with E-state index in [0.29, 0.717) is 6.42 Å². The van der Waals surface area contributed by atoms with Gasteiger partial charge in [0.25, 0.3) is 15.9 Å². The van der Waals surface area contributed by atoms with Crippen LogP contribution in [0.4, 0.5) is 10.1 Å². The van der Waals surface area contributed by atoms with Crippen LogP contribution in [0.2, 0.25) is 5.02 Å². The first-order valence-corrected chi connectivity index (χ1v) is 11.3. The summed E-state index contributed by atoms with van der Waals surface area (Å²) in [5.74, 6) is -0.728. The zero-order valence-corrected chi connectivity index (χ0v) is 17.9. The fourth-order valence-electron chi connectivity index (χ4n) is 2.67. The topological polar surface area (TPSA) is 84.5 Å². The molecule has 0 atom stereocenters. The summed E-state index contributed by atoms with van der Waals surface area (Å²) in [6.07, 6.45) is 0.451. The fourth-order valence-corrected chi connectivity index (χ4v) is 4.04. The quantitative estimate of drug-likeness (QED) is 0.459. The molecular weight excluding hydrogens is 443 g/mol. The second kappa shape index (κ2) is 10.3. The van der Waals surface area contributed by atoms with E-state index in [0.717, 1.165) is 0 Å². The monoisotopic (exact) mass is 462 g/mol. The van der Waals surface area contributed by atoms with Crippen LogP contribution in [-0.2, 0) is 10.0 Å². The van der Waals surface area contributed by atoms with Gasteiger partial charge in [0.2, 0.25) is 0 Å². The van der Waals surface area contributed by atoms with Gasteiger partial charge >= 0.3 is 0 Å². The van der Waals surface area contributed by atoms with Crippen LogP contribution in [0.25, 0.3) is 0 Å². The highest BCUT2D eigenvalue weighted by Gasteiger charge is 2.17. The van der Waals surface area contributed by atoms with Crippen molar-refractivity contribution < 1.29 is 22.3 Å². The van der Waals surface area contributed by atoms with Crippen molar-refractivity contribution in [1.82, 2.24) is 5.32 Å². The molecule has 0 radical (unpaired) electrons. The third-order valence-corrected chi connectivity index (χ3v) is 5.92. The van der Waals surface area contributed by atoms with Crippen LogP contribution in [0.5, 0.6) is 5.75 Å². The first-order chi connectivity index (χ1) is 14.9. The molecule has 1 amide bonds. The summed E-state index contributed by atoms with van der Waals surface area (Å²) in [5.41, 5.74) is 0.436. The zero-order chi connectivity index (χ0) is 22.3. The number of para-hydroxylation sites is 2. The van der Waals surface area contributed by atoms with E-state index in [-0.39, 0.29) is 40.1 Å². The number of anilines is 1. The largest absolute Gasteiger partial charge is 0.490 e. The number of benzene rings is 3. The lowest BCUT2D eigenvalue weighted by atomic mass is 10.2. The van der Waals surface area contributed by atoms with Gasteiger partial charge in [-0.3, -0.25) is 9.52 Å². The van der Waals surface area contributed by atoms with E-state index in [2.05, 4.69) is 10.0 Å². The number of nitrogens with one attached hydrogen (secondary N) is 2. The molecule has 0 saturated heterocycles. The van der Waals surface area contributed by atoms with Crippen LogP contribution in [0.3, 0.4) is 0 Å². The van der Waals surface area contributed by atoms with E-state index < -0.39 is 21.7 Å². The molecule has 3 aromatic rings. The van der Waals surface area contributed by atoms with Crippen molar-refractivity contribution in [1.29, 1.82) is 0 Å². The number of rotatable bonds is 9. The Labute approximate surface area is 185 Å². The van der Waals surface area contributed by atoms with Crippen molar-refractivity contribution in [2.45, 2.75) is 11.3 Å². The van der Waals surface area contributed by atoms with E-state index in [9.17, 15) is 17.6 Å². The van der Waals surface area contributed by atoms with Gasteiger partial charge in [-0.2, -0.15) is 0 Å². The highest BCUT2D eigenvalue weighted by molar-refractivity contribution is 7.92. The smallest absolute Gasteiger partial charge is 0.261 e. The maximum atomic E-state index is 13.5. The third-order valence-electron chi connectivity index (χ3n) is 4.23. The molecule has 0 bridgehead atoms. The molecule has 0 unspecified atom stereocenters. The molecule has 0 aromatic heterocycles. The fraction of sp³-hybridized carbons (Fsp3) is 0.136. The van der Waals surface area contributed by atoms with Gasteiger partial charge in [0.1, 0.15) is 0 Å². The molecule has 0 aliphatic heterocycles. The third kappa shape index (κ3) is 6.19. The second-order valence-corrected chi connectivity index (χ2v) is 8.59. The molecule has 0 aliphatic rings. The molecule has 0 aliphatic carbocycles. The lowest BCUT2D eigenvalue weighted by Crippen LogP contribution is -2.26. The number of ether oxygens (including phenoxy) is 1. The van der Waals surface area contributed by atoms with Gasteiger partial charge in [0.05, 0.1) is 22.2 Å². The van der Waals surface area contributed by atoms with Crippen molar-refractivity contribution >= 4 is 33.2 Å². The molecular formula is C22H20ClFN2O4S. The average Bonchev–Trinajstić information content (AvgIpc) is 2.76. The molecule has 0 spiro atoms. The van der Waals surface area contributed by atoms with Gasteiger partial charge in [0.15, 0.2) is 11.6 Å². The van der Waals surface area contributed by atoms with Crippen molar-refractivity contribution in [2.75, 3.05) is 17.9 Å².